The van der Waals surface area contributed by atoms with Gasteiger partial charge in [-0.2, -0.15) is 0 Å². The number of hydrogen-bond acceptors (Lipinski definition) is 3. The van der Waals surface area contributed by atoms with Crippen molar-refractivity contribution < 1.29 is 0 Å². The van der Waals surface area contributed by atoms with Crippen LogP contribution < -0.4 is 5.73 Å². The van der Waals surface area contributed by atoms with Crippen LogP contribution in [0.15, 0.2) is 24.3 Å². The van der Waals surface area contributed by atoms with E-state index >= 15 is 0 Å². The summed E-state index contributed by atoms with van der Waals surface area (Å²) in [7, 11) is 0. The van der Waals surface area contributed by atoms with E-state index in [2.05, 4.69) is 34.1 Å². The normalized spacial score (nSPS) is 36.2. The van der Waals surface area contributed by atoms with E-state index in [0.717, 1.165) is 19.0 Å². The van der Waals surface area contributed by atoms with Crippen LogP contribution in [0.2, 0.25) is 0 Å². The van der Waals surface area contributed by atoms with Crippen molar-refractivity contribution in [2.24, 2.45) is 11.7 Å². The predicted molar refractivity (Wildman–Crippen MR) is 86.1 cm³/mol. The lowest BCUT2D eigenvalue weighted by molar-refractivity contribution is 0.00255. The zero-order chi connectivity index (χ0) is 14.3. The summed E-state index contributed by atoms with van der Waals surface area (Å²) < 4.78 is 0. The van der Waals surface area contributed by atoms with Crippen molar-refractivity contribution in [3.63, 3.8) is 0 Å². The highest BCUT2D eigenvalue weighted by atomic mass is 15.3. The van der Waals surface area contributed by atoms with Gasteiger partial charge in [0, 0.05) is 25.2 Å². The van der Waals surface area contributed by atoms with Crippen molar-refractivity contribution in [3.8, 4) is 0 Å². The van der Waals surface area contributed by atoms with E-state index in [-0.39, 0.29) is 5.54 Å². The van der Waals surface area contributed by atoms with Gasteiger partial charge in [0.25, 0.3) is 0 Å². The van der Waals surface area contributed by atoms with E-state index in [9.17, 15) is 0 Å². The molecule has 3 unspecified atom stereocenters. The summed E-state index contributed by atoms with van der Waals surface area (Å²) in [5.74, 6) is 0.779. The molecule has 114 valence electrons. The number of piperidine rings is 1. The van der Waals surface area contributed by atoms with Gasteiger partial charge in [-0.3, -0.25) is 4.90 Å². The Labute approximate surface area is 128 Å². The lowest BCUT2D eigenvalue weighted by atomic mass is 9.77. The number of hydrogen-bond donors (Lipinski definition) is 1. The molecule has 0 spiro atoms. The van der Waals surface area contributed by atoms with E-state index in [1.165, 1.54) is 57.4 Å². The van der Waals surface area contributed by atoms with E-state index in [0.29, 0.717) is 0 Å². The minimum atomic E-state index is 0.254. The molecule has 3 heterocycles. The number of aryl methyl sites for hydroxylation is 1. The Morgan fingerprint density at radius 3 is 2.86 bits per heavy atom. The number of nitrogens with zero attached hydrogens (tertiary/aromatic N) is 2. The highest BCUT2D eigenvalue weighted by Gasteiger charge is 2.48. The molecule has 0 saturated carbocycles. The molecule has 4 rings (SSSR count). The van der Waals surface area contributed by atoms with Crippen molar-refractivity contribution in [2.75, 3.05) is 32.7 Å². The molecule has 2 bridgehead atoms. The van der Waals surface area contributed by atoms with Crippen molar-refractivity contribution in [1.82, 2.24) is 9.80 Å². The SMILES string of the molecule is NCC1(N2CCCc3ccccc3C2)CCN2CCC1C2. The number of rotatable bonds is 2. The maximum atomic E-state index is 6.36. The first kappa shape index (κ1) is 13.7. The Balaban J connectivity index is 1.65. The topological polar surface area (TPSA) is 32.5 Å². The van der Waals surface area contributed by atoms with Gasteiger partial charge >= 0.3 is 0 Å². The Hall–Kier alpha value is -0.900. The second-order valence-corrected chi connectivity index (χ2v) is 7.14. The molecule has 2 fully saturated rings. The first-order valence-corrected chi connectivity index (χ1v) is 8.56. The lowest BCUT2D eigenvalue weighted by Gasteiger charge is -2.50. The third-order valence-corrected chi connectivity index (χ3v) is 6.23. The Morgan fingerprint density at radius 1 is 1.14 bits per heavy atom. The van der Waals surface area contributed by atoms with Gasteiger partial charge in [0.1, 0.15) is 0 Å². The van der Waals surface area contributed by atoms with Gasteiger partial charge in [0.15, 0.2) is 0 Å². The molecule has 3 aliphatic heterocycles. The predicted octanol–water partition coefficient (Wildman–Crippen LogP) is 1.86. The fraction of sp³-hybridized carbons (Fsp3) is 0.667. The van der Waals surface area contributed by atoms with Crippen LogP contribution in [-0.2, 0) is 13.0 Å². The summed E-state index contributed by atoms with van der Waals surface area (Å²) >= 11 is 0. The number of benzene rings is 1. The zero-order valence-corrected chi connectivity index (χ0v) is 12.9. The fourth-order valence-corrected chi connectivity index (χ4v) is 4.93. The Kier molecular flexibility index (Phi) is 3.52. The third kappa shape index (κ3) is 2.23. The summed E-state index contributed by atoms with van der Waals surface area (Å²) in [4.78, 5) is 5.39. The van der Waals surface area contributed by atoms with Crippen LogP contribution in [-0.4, -0.2) is 48.1 Å². The molecule has 1 aromatic carbocycles. The molecule has 1 aromatic rings. The maximum absolute atomic E-state index is 6.36. The van der Waals surface area contributed by atoms with Gasteiger partial charge in [0.05, 0.1) is 0 Å². The summed E-state index contributed by atoms with van der Waals surface area (Å²) in [5.41, 5.74) is 9.70. The molecule has 3 atom stereocenters. The Bertz CT molecular complexity index is 515. The molecule has 2 saturated heterocycles. The minimum Gasteiger partial charge on any atom is -0.329 e. The van der Waals surface area contributed by atoms with Gasteiger partial charge in [0.2, 0.25) is 0 Å². The first-order chi connectivity index (χ1) is 10.3. The molecular formula is C18H27N3. The third-order valence-electron chi connectivity index (χ3n) is 6.23. The Morgan fingerprint density at radius 2 is 2.00 bits per heavy atom. The standard InChI is InChI=1S/C18H27N3/c19-14-18(8-11-20-10-7-17(18)13-20)21-9-3-6-15-4-1-2-5-16(15)12-21/h1-2,4-5,17H,3,6-14,19H2. The van der Waals surface area contributed by atoms with Crippen LogP contribution in [0.4, 0.5) is 0 Å². The summed E-state index contributed by atoms with van der Waals surface area (Å²) in [5, 5.41) is 0. The first-order valence-electron chi connectivity index (χ1n) is 8.56. The highest BCUT2D eigenvalue weighted by Crippen LogP contribution is 2.41. The van der Waals surface area contributed by atoms with Crippen molar-refractivity contribution in [2.45, 2.75) is 37.8 Å². The molecular weight excluding hydrogens is 258 g/mol. The molecule has 0 aliphatic carbocycles. The van der Waals surface area contributed by atoms with Gasteiger partial charge in [-0.1, -0.05) is 24.3 Å². The zero-order valence-electron chi connectivity index (χ0n) is 12.9. The van der Waals surface area contributed by atoms with Crippen LogP contribution in [0.3, 0.4) is 0 Å². The second kappa shape index (κ2) is 5.38. The van der Waals surface area contributed by atoms with Gasteiger partial charge in [-0.15, -0.1) is 0 Å². The van der Waals surface area contributed by atoms with E-state index in [1.54, 1.807) is 5.56 Å². The summed E-state index contributed by atoms with van der Waals surface area (Å²) in [6.07, 6.45) is 5.10. The van der Waals surface area contributed by atoms with Gasteiger partial charge < -0.3 is 10.6 Å². The monoisotopic (exact) mass is 285 g/mol. The molecule has 0 aromatic heterocycles. The van der Waals surface area contributed by atoms with Crippen LogP contribution in [0, 0.1) is 5.92 Å². The van der Waals surface area contributed by atoms with Crippen LogP contribution in [0.5, 0.6) is 0 Å². The summed E-state index contributed by atoms with van der Waals surface area (Å²) in [6, 6.07) is 9.01. The van der Waals surface area contributed by atoms with Crippen molar-refractivity contribution >= 4 is 0 Å². The van der Waals surface area contributed by atoms with E-state index < -0.39 is 0 Å². The molecule has 3 aliphatic rings. The molecule has 3 nitrogen and oxygen atoms in total. The molecule has 3 heteroatoms. The number of nitrogens with two attached hydrogens (primary N) is 1. The highest BCUT2D eigenvalue weighted by molar-refractivity contribution is 5.28. The van der Waals surface area contributed by atoms with E-state index in [4.69, 9.17) is 5.73 Å². The number of fused-ring (bicyclic) bond motifs is 3. The molecule has 21 heavy (non-hydrogen) atoms. The molecule has 0 amide bonds. The van der Waals surface area contributed by atoms with Gasteiger partial charge in [-0.05, 0) is 62.4 Å². The lowest BCUT2D eigenvalue weighted by Crippen LogP contribution is -2.61. The second-order valence-electron chi connectivity index (χ2n) is 7.14. The minimum absolute atomic E-state index is 0.254. The average Bonchev–Trinajstić information content (AvgIpc) is 2.80. The van der Waals surface area contributed by atoms with E-state index in [1.807, 2.05) is 0 Å². The van der Waals surface area contributed by atoms with Crippen LogP contribution >= 0.6 is 0 Å². The smallest absolute Gasteiger partial charge is 0.0388 e. The summed E-state index contributed by atoms with van der Waals surface area (Å²) in [6.45, 7) is 6.94. The maximum Gasteiger partial charge on any atom is 0.0388 e. The molecule has 0 radical (unpaired) electrons. The largest absolute Gasteiger partial charge is 0.329 e. The van der Waals surface area contributed by atoms with Crippen LogP contribution in [0.1, 0.15) is 30.4 Å². The molecule has 2 N–H and O–H groups in total. The van der Waals surface area contributed by atoms with Crippen LogP contribution in [0.25, 0.3) is 0 Å². The quantitative estimate of drug-likeness (QED) is 0.900. The van der Waals surface area contributed by atoms with Crippen molar-refractivity contribution in [1.29, 1.82) is 0 Å². The average molecular weight is 285 g/mol. The van der Waals surface area contributed by atoms with Gasteiger partial charge in [-0.25, -0.2) is 0 Å². The van der Waals surface area contributed by atoms with Crippen molar-refractivity contribution in [3.05, 3.63) is 35.4 Å². The fourth-order valence-electron chi connectivity index (χ4n) is 4.93.